The molecule has 0 atom stereocenters. The number of carbonyl (C=O) groups is 4. The highest BCUT2D eigenvalue weighted by molar-refractivity contribution is 7.97. The Labute approximate surface area is 375 Å². The van der Waals surface area contributed by atoms with E-state index in [0.29, 0.717) is 41.8 Å². The first-order valence-corrected chi connectivity index (χ1v) is 22.7. The zero-order valence-corrected chi connectivity index (χ0v) is 38.4. The molecule has 5 rings (SSSR count). The van der Waals surface area contributed by atoms with Gasteiger partial charge in [0.25, 0.3) is 0 Å². The molecule has 3 aliphatic rings. The van der Waals surface area contributed by atoms with Crippen molar-refractivity contribution in [3.05, 3.63) is 89.8 Å². The molecule has 2 aliphatic heterocycles. The Hall–Kier alpha value is -5.05. The highest BCUT2D eigenvalue weighted by Crippen LogP contribution is 2.43. The molecule has 1 saturated carbocycles. The third kappa shape index (κ3) is 18.1. The van der Waals surface area contributed by atoms with Gasteiger partial charge >= 0.3 is 0 Å². The van der Waals surface area contributed by atoms with Crippen LogP contribution in [-0.4, -0.2) is 100 Å². The number of amides is 2. The number of unbranched alkanes of at least 4 members (excludes halogenated alkanes) is 1. The van der Waals surface area contributed by atoms with Gasteiger partial charge in [0.05, 0.1) is 6.54 Å². The van der Waals surface area contributed by atoms with E-state index in [1.54, 1.807) is 24.2 Å². The summed E-state index contributed by atoms with van der Waals surface area (Å²) >= 11 is 1.79. The molecule has 14 heteroatoms. The molecule has 1 spiro atoms. The van der Waals surface area contributed by atoms with Crippen LogP contribution >= 0.6 is 11.9 Å². The SMILES string of the molecule is C=C(CCCC=O)NC.C=N/C=C(/C=C\C)C(=N/CNc1ccc(SN2CCC3(CC2)CCN(C(=O)CNc2cccc(C=O)c2CNC)CC3)cc1)\NC=O.CC1CCCC1. The molecule has 1 aliphatic carbocycles. The molecule has 2 aromatic rings. The molecule has 3 fully saturated rings. The number of likely N-dealkylation sites (tertiary alicyclic amines) is 1. The number of aldehydes is 2. The minimum Gasteiger partial charge on any atom is -0.392 e. The lowest BCUT2D eigenvalue weighted by Gasteiger charge is -2.46. The van der Waals surface area contributed by atoms with Crippen LogP contribution in [0.3, 0.4) is 0 Å². The maximum atomic E-state index is 13.1. The third-order valence-electron chi connectivity index (χ3n) is 11.5. The number of rotatable bonds is 20. The Balaban J connectivity index is 0.000000575. The second-order valence-corrected chi connectivity index (χ2v) is 17.1. The minimum absolute atomic E-state index is 0.0998. The van der Waals surface area contributed by atoms with E-state index in [1.807, 2.05) is 62.3 Å². The number of hydrogen-bond donors (Lipinski definition) is 5. The zero-order chi connectivity index (χ0) is 45.0. The fourth-order valence-corrected chi connectivity index (χ4v) is 8.62. The number of amidine groups is 1. The molecule has 0 radical (unpaired) electrons. The summed E-state index contributed by atoms with van der Waals surface area (Å²) in [5.74, 6) is 1.56. The fourth-order valence-electron chi connectivity index (χ4n) is 7.70. The summed E-state index contributed by atoms with van der Waals surface area (Å²) in [6.45, 7) is 16.1. The number of carbonyl (C=O) groups excluding carboxylic acids is 4. The van der Waals surface area contributed by atoms with Crippen molar-refractivity contribution in [1.29, 1.82) is 0 Å². The molecule has 0 aromatic heterocycles. The highest BCUT2D eigenvalue weighted by atomic mass is 32.2. The Morgan fingerprint density at radius 1 is 0.968 bits per heavy atom. The van der Waals surface area contributed by atoms with Crippen molar-refractivity contribution in [3.8, 4) is 0 Å². The number of aliphatic imine (C=N–C) groups is 2. The molecule has 2 aromatic carbocycles. The Bertz CT molecular complexity index is 1790. The monoisotopic (exact) mass is 870 g/mol. The van der Waals surface area contributed by atoms with E-state index in [2.05, 4.69) is 73.2 Å². The van der Waals surface area contributed by atoms with Crippen molar-refractivity contribution >= 4 is 60.8 Å². The van der Waals surface area contributed by atoms with Crippen LogP contribution in [0.4, 0.5) is 11.4 Å². The average Bonchev–Trinajstić information content (AvgIpc) is 3.78. The normalized spacial score (nSPS) is 16.6. The van der Waals surface area contributed by atoms with E-state index in [9.17, 15) is 19.2 Å². The van der Waals surface area contributed by atoms with E-state index in [0.717, 1.165) is 106 Å². The second-order valence-electron chi connectivity index (χ2n) is 16.0. The first kappa shape index (κ1) is 51.3. The molecular weight excluding hydrogens is 799 g/mol. The Kier molecular flexibility index (Phi) is 24.2. The van der Waals surface area contributed by atoms with Gasteiger partial charge in [0.15, 0.2) is 0 Å². The molecule has 62 heavy (non-hydrogen) atoms. The summed E-state index contributed by atoms with van der Waals surface area (Å²) in [7, 11) is 3.68. The average molecular weight is 870 g/mol. The number of piperidine rings is 2. The maximum absolute atomic E-state index is 13.1. The molecule has 2 heterocycles. The van der Waals surface area contributed by atoms with Crippen LogP contribution in [0.15, 0.2) is 93.5 Å². The largest absolute Gasteiger partial charge is 0.392 e. The summed E-state index contributed by atoms with van der Waals surface area (Å²) in [6.07, 6.45) is 20.3. The van der Waals surface area contributed by atoms with Crippen molar-refractivity contribution in [2.45, 2.75) is 95.9 Å². The highest BCUT2D eigenvalue weighted by Gasteiger charge is 2.38. The van der Waals surface area contributed by atoms with E-state index in [1.165, 1.54) is 30.6 Å². The van der Waals surface area contributed by atoms with Gasteiger partial charge in [0.2, 0.25) is 12.3 Å². The molecule has 0 unspecified atom stereocenters. The van der Waals surface area contributed by atoms with Gasteiger partial charge in [-0.05, 0) is 118 Å². The lowest BCUT2D eigenvalue weighted by atomic mass is 9.71. The van der Waals surface area contributed by atoms with Crippen LogP contribution in [0.2, 0.25) is 0 Å². The second kappa shape index (κ2) is 29.3. The summed E-state index contributed by atoms with van der Waals surface area (Å²) in [6, 6.07) is 13.8. The Morgan fingerprint density at radius 2 is 1.66 bits per heavy atom. The van der Waals surface area contributed by atoms with Crippen LogP contribution in [0.5, 0.6) is 0 Å². The van der Waals surface area contributed by atoms with Crippen molar-refractivity contribution < 1.29 is 19.2 Å². The van der Waals surface area contributed by atoms with Gasteiger partial charge in [-0.25, -0.2) is 9.30 Å². The fraction of sp³-hybridized carbons (Fsp3) is 0.500. The van der Waals surface area contributed by atoms with E-state index in [4.69, 9.17) is 0 Å². The summed E-state index contributed by atoms with van der Waals surface area (Å²) in [5.41, 5.74) is 5.23. The lowest BCUT2D eigenvalue weighted by Crippen LogP contribution is -2.48. The quantitative estimate of drug-likeness (QED) is 0.0221. The van der Waals surface area contributed by atoms with Gasteiger partial charge in [-0.1, -0.05) is 63.5 Å². The van der Waals surface area contributed by atoms with E-state index >= 15 is 0 Å². The predicted octanol–water partition coefficient (Wildman–Crippen LogP) is 8.00. The van der Waals surface area contributed by atoms with Gasteiger partial charge in [0, 0.05) is 85.5 Å². The van der Waals surface area contributed by atoms with Crippen LogP contribution < -0.4 is 26.6 Å². The van der Waals surface area contributed by atoms with Crippen molar-refractivity contribution in [2.75, 3.05) is 64.1 Å². The number of allylic oxidation sites excluding steroid dienone is 2. The van der Waals surface area contributed by atoms with Crippen LogP contribution in [-0.2, 0) is 20.9 Å². The summed E-state index contributed by atoms with van der Waals surface area (Å²) in [4.78, 5) is 56.8. The topological polar surface area (TPSA) is 160 Å². The zero-order valence-electron chi connectivity index (χ0n) is 37.6. The molecule has 2 amide bonds. The minimum atomic E-state index is 0.0998. The van der Waals surface area contributed by atoms with Gasteiger partial charge in [-0.15, -0.1) is 0 Å². The van der Waals surface area contributed by atoms with E-state index < -0.39 is 0 Å². The number of hydrogen-bond acceptors (Lipinski definition) is 12. The lowest BCUT2D eigenvalue weighted by molar-refractivity contribution is -0.132. The summed E-state index contributed by atoms with van der Waals surface area (Å²) in [5, 5.41) is 15.2. The van der Waals surface area contributed by atoms with Crippen molar-refractivity contribution in [3.63, 3.8) is 0 Å². The number of benzene rings is 2. The first-order valence-electron chi connectivity index (χ1n) is 22.0. The summed E-state index contributed by atoms with van der Waals surface area (Å²) < 4.78 is 2.44. The predicted molar refractivity (Wildman–Crippen MR) is 258 cm³/mol. The van der Waals surface area contributed by atoms with Crippen molar-refractivity contribution in [1.82, 2.24) is 25.2 Å². The molecule has 0 bridgehead atoms. The van der Waals surface area contributed by atoms with Crippen LogP contribution in [0, 0.1) is 11.3 Å². The van der Waals surface area contributed by atoms with Gasteiger partial charge in [-0.2, -0.15) is 0 Å². The van der Waals surface area contributed by atoms with Gasteiger partial charge in [0.1, 0.15) is 25.1 Å². The molecule has 5 N–H and O–H groups in total. The number of anilines is 2. The molecular formula is C48H71N9O4S. The third-order valence-corrected chi connectivity index (χ3v) is 12.6. The van der Waals surface area contributed by atoms with Gasteiger partial charge < -0.3 is 36.3 Å². The van der Waals surface area contributed by atoms with Crippen LogP contribution in [0.1, 0.15) is 100 Å². The van der Waals surface area contributed by atoms with E-state index in [-0.39, 0.29) is 19.1 Å². The smallest absolute Gasteiger partial charge is 0.241 e. The number of nitrogens with zero attached hydrogens (tertiary/aromatic N) is 4. The maximum Gasteiger partial charge on any atom is 0.241 e. The first-order chi connectivity index (χ1) is 30.1. The molecule has 13 nitrogen and oxygen atoms in total. The standard InChI is InChI=1S/C35H46N8O3S.C7H13NO.C6H12/c1-4-6-27(21-36-2)34(41-26-45)40-25-39-29-9-11-30(12-10-29)47-43-19-15-35(16-20-43)13-17-42(18-14-35)33(46)23-38-32-8-5-7-28(24-44)31(32)22-37-3;1-7(8-2)5-3-4-6-9;1-6-4-2-3-5-6/h4-12,21,24,26,37-39H,2,13-20,22-23,25H2,1,3H3,(H,40,41,45);6,8H,1,3-5H2,2H3;6H,2-5H2,1H3/b6-4-,27-21-;;. The number of nitrogens with one attached hydrogen (secondary N) is 5. The van der Waals surface area contributed by atoms with Crippen LogP contribution in [0.25, 0.3) is 0 Å². The Morgan fingerprint density at radius 3 is 2.23 bits per heavy atom. The van der Waals surface area contributed by atoms with Gasteiger partial charge in [-0.3, -0.25) is 19.4 Å². The van der Waals surface area contributed by atoms with Crippen molar-refractivity contribution in [2.24, 2.45) is 21.3 Å². The molecule has 338 valence electrons. The molecule has 2 saturated heterocycles.